The lowest BCUT2D eigenvalue weighted by molar-refractivity contribution is -0.124. The van der Waals surface area contributed by atoms with Gasteiger partial charge in [-0.05, 0) is 91.0 Å². The van der Waals surface area contributed by atoms with Crippen LogP contribution in [0.2, 0.25) is 0 Å². The second kappa shape index (κ2) is 13.5. The summed E-state index contributed by atoms with van der Waals surface area (Å²) >= 11 is 0. The van der Waals surface area contributed by atoms with Crippen molar-refractivity contribution in [1.82, 2.24) is 25.5 Å². The number of likely N-dealkylation sites (tertiary alicyclic amines) is 1. The number of allylic oxidation sites excluding steroid dienone is 1. The number of rotatable bonds is 11. The van der Waals surface area contributed by atoms with Crippen molar-refractivity contribution in [2.45, 2.75) is 52.1 Å². The lowest BCUT2D eigenvalue weighted by atomic mass is 10.1. The van der Waals surface area contributed by atoms with Crippen LogP contribution in [0, 0.1) is 5.41 Å². The number of nitrogens with zero attached hydrogens (tertiary/aromatic N) is 3. The first-order valence-electron chi connectivity index (χ1n) is 14.0. The Morgan fingerprint density at radius 3 is 2.56 bits per heavy atom. The largest absolute Gasteiger partial charge is 0.494 e. The minimum atomic E-state index is -0.334. The fourth-order valence-corrected chi connectivity index (χ4v) is 4.55. The third kappa shape index (κ3) is 8.65. The van der Waals surface area contributed by atoms with E-state index in [1.807, 2.05) is 70.3 Å². The van der Waals surface area contributed by atoms with Crippen LogP contribution in [0.15, 0.2) is 54.4 Å². The molecule has 2 aromatic carbocycles. The SMILES string of the molecule is CCOc1ccc2nc(-c3cccc(OCC(=O)NC(C)(C)C)c3)nc(N/C(C=N)=C/NC3CCN(C)CC3)c2c1. The summed E-state index contributed by atoms with van der Waals surface area (Å²) in [5.74, 6) is 2.11. The van der Waals surface area contributed by atoms with Gasteiger partial charge >= 0.3 is 0 Å². The van der Waals surface area contributed by atoms with Gasteiger partial charge in [-0.3, -0.25) is 4.79 Å². The highest BCUT2D eigenvalue weighted by atomic mass is 16.5. The minimum absolute atomic E-state index is 0.0932. The second-order valence-corrected chi connectivity index (χ2v) is 11.2. The number of hydrogen-bond donors (Lipinski definition) is 4. The van der Waals surface area contributed by atoms with Crippen molar-refractivity contribution in [1.29, 1.82) is 5.41 Å². The molecular formula is C31H41N7O3. The molecule has 41 heavy (non-hydrogen) atoms. The van der Waals surface area contributed by atoms with Crippen LogP contribution in [-0.4, -0.2) is 71.9 Å². The molecule has 4 N–H and O–H groups in total. The first kappa shape index (κ1) is 29.8. The number of benzene rings is 2. The summed E-state index contributed by atoms with van der Waals surface area (Å²) in [4.78, 5) is 24.2. The molecule has 1 aliphatic heterocycles. The van der Waals surface area contributed by atoms with E-state index in [0.29, 0.717) is 41.5 Å². The third-order valence-electron chi connectivity index (χ3n) is 6.57. The number of nitrogens with one attached hydrogen (secondary N) is 4. The van der Waals surface area contributed by atoms with Crippen LogP contribution in [0.4, 0.5) is 5.82 Å². The minimum Gasteiger partial charge on any atom is -0.494 e. The molecule has 10 nitrogen and oxygen atoms in total. The molecule has 0 aliphatic carbocycles. The van der Waals surface area contributed by atoms with Gasteiger partial charge in [-0.15, -0.1) is 0 Å². The van der Waals surface area contributed by atoms with E-state index in [4.69, 9.17) is 24.9 Å². The van der Waals surface area contributed by atoms with Crippen LogP contribution in [0.5, 0.6) is 11.5 Å². The highest BCUT2D eigenvalue weighted by Crippen LogP contribution is 2.30. The Hall–Kier alpha value is -4.18. The summed E-state index contributed by atoms with van der Waals surface area (Å²) in [5, 5.41) is 18.5. The van der Waals surface area contributed by atoms with Crippen molar-refractivity contribution < 1.29 is 14.3 Å². The molecule has 0 saturated carbocycles. The zero-order chi connectivity index (χ0) is 29.4. The molecule has 0 unspecified atom stereocenters. The third-order valence-corrected chi connectivity index (χ3v) is 6.57. The number of fused-ring (bicyclic) bond motifs is 1. The molecule has 1 aromatic heterocycles. The Balaban J connectivity index is 1.62. The topological polar surface area (TPSA) is 124 Å². The lowest BCUT2D eigenvalue weighted by Gasteiger charge is -2.29. The van der Waals surface area contributed by atoms with Crippen molar-refractivity contribution >= 4 is 28.8 Å². The van der Waals surface area contributed by atoms with E-state index in [1.165, 1.54) is 6.21 Å². The van der Waals surface area contributed by atoms with Gasteiger partial charge in [0.1, 0.15) is 17.3 Å². The van der Waals surface area contributed by atoms with Gasteiger partial charge in [0, 0.05) is 34.9 Å². The number of carbonyl (C=O) groups excluding carboxylic acids is 1. The smallest absolute Gasteiger partial charge is 0.258 e. The fourth-order valence-electron chi connectivity index (χ4n) is 4.55. The molecule has 1 fully saturated rings. The predicted octanol–water partition coefficient (Wildman–Crippen LogP) is 4.58. The Labute approximate surface area is 242 Å². The number of hydrogen-bond acceptors (Lipinski definition) is 9. The van der Waals surface area contributed by atoms with Gasteiger partial charge in [0.05, 0.1) is 17.8 Å². The van der Waals surface area contributed by atoms with Crippen LogP contribution in [0.3, 0.4) is 0 Å². The molecule has 1 amide bonds. The number of aromatic nitrogens is 2. The highest BCUT2D eigenvalue weighted by Gasteiger charge is 2.17. The van der Waals surface area contributed by atoms with Gasteiger partial charge in [0.2, 0.25) is 0 Å². The standard InChI is InChI=1S/C31H41N7O3/c1-6-40-25-10-11-27-26(17-25)30(34-23(18-32)19-33-22-12-14-38(5)15-13-22)36-29(35-27)21-8-7-9-24(16-21)41-20-28(39)37-31(2,3)4/h7-11,16-19,22,32-33H,6,12-15,20H2,1-5H3,(H,37,39)(H,34,35,36)/b23-19+,32-18?. The van der Waals surface area contributed by atoms with E-state index >= 15 is 0 Å². The molecule has 1 saturated heterocycles. The molecule has 3 aromatic rings. The maximum atomic E-state index is 12.2. The maximum absolute atomic E-state index is 12.2. The van der Waals surface area contributed by atoms with Crippen LogP contribution < -0.4 is 25.4 Å². The van der Waals surface area contributed by atoms with Crippen molar-refractivity contribution in [3.05, 3.63) is 54.4 Å². The van der Waals surface area contributed by atoms with Gasteiger partial charge < -0.3 is 35.7 Å². The Morgan fingerprint density at radius 1 is 1.10 bits per heavy atom. The summed E-state index contributed by atoms with van der Waals surface area (Å²) in [6.45, 7) is 10.3. The van der Waals surface area contributed by atoms with Crippen molar-refractivity contribution in [2.24, 2.45) is 0 Å². The molecule has 10 heteroatoms. The number of amides is 1. The molecule has 1 aliphatic rings. The van der Waals surface area contributed by atoms with Gasteiger partial charge in [-0.25, -0.2) is 9.97 Å². The first-order chi connectivity index (χ1) is 19.6. The quantitative estimate of drug-likeness (QED) is 0.252. The molecule has 0 bridgehead atoms. The summed E-state index contributed by atoms with van der Waals surface area (Å²) in [6.07, 6.45) is 5.22. The molecule has 0 atom stereocenters. The maximum Gasteiger partial charge on any atom is 0.258 e. The molecule has 218 valence electrons. The summed E-state index contributed by atoms with van der Waals surface area (Å²) in [6, 6.07) is 13.4. The zero-order valence-electron chi connectivity index (χ0n) is 24.6. The monoisotopic (exact) mass is 559 g/mol. The van der Waals surface area contributed by atoms with Gasteiger partial charge in [-0.2, -0.15) is 0 Å². The van der Waals surface area contributed by atoms with E-state index in [9.17, 15) is 4.79 Å². The van der Waals surface area contributed by atoms with E-state index in [-0.39, 0.29) is 18.1 Å². The first-order valence-corrected chi connectivity index (χ1v) is 14.0. The summed E-state index contributed by atoms with van der Waals surface area (Å²) in [5.41, 5.74) is 1.71. The molecule has 2 heterocycles. The molecule has 0 spiro atoms. The average Bonchev–Trinajstić information content (AvgIpc) is 2.94. The van der Waals surface area contributed by atoms with E-state index < -0.39 is 0 Å². The summed E-state index contributed by atoms with van der Waals surface area (Å²) in [7, 11) is 2.14. The van der Waals surface area contributed by atoms with E-state index in [1.54, 1.807) is 6.07 Å². The predicted molar refractivity (Wildman–Crippen MR) is 164 cm³/mol. The normalized spacial score (nSPS) is 14.9. The van der Waals surface area contributed by atoms with Gasteiger partial charge in [0.25, 0.3) is 5.91 Å². The Kier molecular flexibility index (Phi) is 9.78. The van der Waals surface area contributed by atoms with Crippen LogP contribution >= 0.6 is 0 Å². The second-order valence-electron chi connectivity index (χ2n) is 11.2. The van der Waals surface area contributed by atoms with Crippen molar-refractivity contribution in [3.8, 4) is 22.9 Å². The van der Waals surface area contributed by atoms with Gasteiger partial charge in [-0.1, -0.05) is 12.1 Å². The number of ether oxygens (including phenoxy) is 2. The molecule has 4 rings (SSSR count). The fraction of sp³-hybridized carbons (Fsp3) is 0.419. The zero-order valence-corrected chi connectivity index (χ0v) is 24.6. The molecule has 0 radical (unpaired) electrons. The van der Waals surface area contributed by atoms with Crippen LogP contribution in [0.1, 0.15) is 40.5 Å². The van der Waals surface area contributed by atoms with E-state index in [0.717, 1.165) is 42.4 Å². The van der Waals surface area contributed by atoms with Crippen LogP contribution in [0.25, 0.3) is 22.3 Å². The van der Waals surface area contributed by atoms with Crippen molar-refractivity contribution in [3.63, 3.8) is 0 Å². The molecular weight excluding hydrogens is 518 g/mol. The number of carbonyl (C=O) groups is 1. The number of anilines is 1. The van der Waals surface area contributed by atoms with E-state index in [2.05, 4.69) is 27.9 Å². The number of piperidine rings is 1. The highest BCUT2D eigenvalue weighted by molar-refractivity contribution is 5.94. The summed E-state index contributed by atoms with van der Waals surface area (Å²) < 4.78 is 11.5. The lowest BCUT2D eigenvalue weighted by Crippen LogP contribution is -2.43. The Morgan fingerprint density at radius 2 is 1.85 bits per heavy atom. The van der Waals surface area contributed by atoms with Crippen molar-refractivity contribution in [2.75, 3.05) is 38.7 Å². The Bertz CT molecular complexity index is 1390. The van der Waals surface area contributed by atoms with Gasteiger partial charge in [0.15, 0.2) is 12.4 Å². The van der Waals surface area contributed by atoms with Crippen LogP contribution in [-0.2, 0) is 4.79 Å². The average molecular weight is 560 g/mol.